The fraction of sp³-hybridized carbons (Fsp3) is 0.545. The first-order valence-electron chi connectivity index (χ1n) is 5.70. The van der Waals surface area contributed by atoms with E-state index in [9.17, 15) is 8.78 Å². The minimum Gasteiger partial charge on any atom is -0.369 e. The first-order chi connectivity index (χ1) is 8.44. The SMILES string of the molecule is CC1(C)[C@H](CNc2ncnc3[nH]ncc23)C1(F)F. The second-order valence-corrected chi connectivity index (χ2v) is 5.13. The third-order valence-electron chi connectivity index (χ3n) is 3.81. The number of aromatic amines is 1. The third-order valence-corrected chi connectivity index (χ3v) is 3.81. The van der Waals surface area contributed by atoms with Crippen molar-refractivity contribution in [2.45, 2.75) is 19.8 Å². The summed E-state index contributed by atoms with van der Waals surface area (Å²) >= 11 is 0. The van der Waals surface area contributed by atoms with Crippen LogP contribution in [0.5, 0.6) is 0 Å². The van der Waals surface area contributed by atoms with Crippen molar-refractivity contribution in [3.63, 3.8) is 0 Å². The van der Waals surface area contributed by atoms with Crippen molar-refractivity contribution in [1.82, 2.24) is 20.2 Å². The molecule has 0 amide bonds. The van der Waals surface area contributed by atoms with Crippen molar-refractivity contribution in [2.24, 2.45) is 11.3 Å². The zero-order valence-electron chi connectivity index (χ0n) is 10.0. The molecule has 0 bridgehead atoms. The van der Waals surface area contributed by atoms with E-state index < -0.39 is 17.3 Å². The Hall–Kier alpha value is -1.79. The van der Waals surface area contributed by atoms with Crippen LogP contribution in [-0.2, 0) is 0 Å². The van der Waals surface area contributed by atoms with E-state index in [1.54, 1.807) is 20.0 Å². The highest BCUT2D eigenvalue weighted by molar-refractivity contribution is 5.85. The maximum atomic E-state index is 13.4. The monoisotopic (exact) mass is 253 g/mol. The molecule has 7 heteroatoms. The first-order valence-corrected chi connectivity index (χ1v) is 5.70. The van der Waals surface area contributed by atoms with Crippen LogP contribution >= 0.6 is 0 Å². The predicted octanol–water partition coefficient (Wildman–Crippen LogP) is 2.06. The molecule has 1 aliphatic rings. The van der Waals surface area contributed by atoms with E-state index in [-0.39, 0.29) is 6.54 Å². The van der Waals surface area contributed by atoms with Gasteiger partial charge in [0.25, 0.3) is 5.92 Å². The molecule has 2 heterocycles. The Kier molecular flexibility index (Phi) is 2.11. The van der Waals surface area contributed by atoms with Gasteiger partial charge < -0.3 is 5.32 Å². The highest BCUT2D eigenvalue weighted by atomic mass is 19.3. The van der Waals surface area contributed by atoms with Gasteiger partial charge in [-0.3, -0.25) is 5.10 Å². The maximum absolute atomic E-state index is 13.4. The second kappa shape index (κ2) is 3.37. The summed E-state index contributed by atoms with van der Waals surface area (Å²) in [5.74, 6) is -2.74. The van der Waals surface area contributed by atoms with Crippen molar-refractivity contribution in [2.75, 3.05) is 11.9 Å². The van der Waals surface area contributed by atoms with E-state index >= 15 is 0 Å². The van der Waals surface area contributed by atoms with Crippen LogP contribution in [-0.4, -0.2) is 32.6 Å². The molecular weight excluding hydrogens is 240 g/mol. The average Bonchev–Trinajstić information content (AvgIpc) is 2.71. The summed E-state index contributed by atoms with van der Waals surface area (Å²) in [5, 5.41) is 10.2. The van der Waals surface area contributed by atoms with Gasteiger partial charge >= 0.3 is 0 Å². The lowest BCUT2D eigenvalue weighted by Gasteiger charge is -2.05. The standard InChI is InChI=1S/C11H13F2N5/c1-10(2)7(11(10,12)13)4-14-8-6-3-17-18-9(6)16-5-15-8/h3,5,7H,4H2,1-2H3,(H2,14,15,16,17,18)/t7-/m0/s1. The number of rotatable bonds is 3. The van der Waals surface area contributed by atoms with Crippen LogP contribution in [0.1, 0.15) is 13.8 Å². The highest BCUT2D eigenvalue weighted by Crippen LogP contribution is 2.65. The second-order valence-electron chi connectivity index (χ2n) is 5.13. The summed E-state index contributed by atoms with van der Waals surface area (Å²) < 4.78 is 26.9. The van der Waals surface area contributed by atoms with Crippen LogP contribution in [0.25, 0.3) is 11.0 Å². The Balaban J connectivity index is 1.77. The predicted molar refractivity (Wildman–Crippen MR) is 62.4 cm³/mol. The Morgan fingerprint density at radius 2 is 2.11 bits per heavy atom. The molecule has 2 N–H and O–H groups in total. The van der Waals surface area contributed by atoms with E-state index in [1.807, 2.05) is 0 Å². The number of halogens is 2. The number of fused-ring (bicyclic) bond motifs is 1. The molecule has 0 aliphatic heterocycles. The average molecular weight is 253 g/mol. The van der Waals surface area contributed by atoms with Gasteiger partial charge in [0.2, 0.25) is 0 Å². The molecule has 0 aromatic carbocycles. The number of nitrogens with zero attached hydrogens (tertiary/aromatic N) is 3. The molecule has 0 saturated heterocycles. The number of hydrogen-bond acceptors (Lipinski definition) is 4. The van der Waals surface area contributed by atoms with Crippen molar-refractivity contribution in [3.8, 4) is 0 Å². The number of alkyl halides is 2. The molecule has 1 fully saturated rings. The van der Waals surface area contributed by atoms with Crippen LogP contribution in [0.2, 0.25) is 0 Å². The summed E-state index contributed by atoms with van der Waals surface area (Å²) in [7, 11) is 0. The minimum absolute atomic E-state index is 0.192. The normalized spacial score (nSPS) is 24.1. The molecule has 1 saturated carbocycles. The Bertz CT molecular complexity index is 578. The van der Waals surface area contributed by atoms with Gasteiger partial charge in [0.1, 0.15) is 12.1 Å². The van der Waals surface area contributed by atoms with E-state index in [1.165, 1.54) is 6.33 Å². The van der Waals surface area contributed by atoms with Crippen LogP contribution < -0.4 is 5.32 Å². The third kappa shape index (κ3) is 1.39. The molecule has 5 nitrogen and oxygen atoms in total. The van der Waals surface area contributed by atoms with Crippen molar-refractivity contribution in [3.05, 3.63) is 12.5 Å². The molecule has 1 aliphatic carbocycles. The minimum atomic E-state index is -2.61. The number of nitrogens with one attached hydrogen (secondary N) is 2. The van der Waals surface area contributed by atoms with Gasteiger partial charge in [-0.2, -0.15) is 5.10 Å². The van der Waals surface area contributed by atoms with E-state index in [0.717, 1.165) is 0 Å². The smallest absolute Gasteiger partial charge is 0.258 e. The summed E-state index contributed by atoms with van der Waals surface area (Å²) in [5.41, 5.74) is -0.350. The van der Waals surface area contributed by atoms with Crippen LogP contribution in [0, 0.1) is 11.3 Å². The maximum Gasteiger partial charge on any atom is 0.258 e. The quantitative estimate of drug-likeness (QED) is 0.878. The van der Waals surface area contributed by atoms with Crippen molar-refractivity contribution in [1.29, 1.82) is 0 Å². The molecule has 18 heavy (non-hydrogen) atoms. The molecule has 2 aromatic rings. The van der Waals surface area contributed by atoms with Gasteiger partial charge in [-0.15, -0.1) is 0 Å². The molecule has 0 radical (unpaired) electrons. The molecule has 3 rings (SSSR count). The van der Waals surface area contributed by atoms with Gasteiger partial charge in [0, 0.05) is 12.0 Å². The lowest BCUT2D eigenvalue weighted by molar-refractivity contribution is 0.0678. The van der Waals surface area contributed by atoms with Gasteiger partial charge in [0.15, 0.2) is 5.65 Å². The van der Waals surface area contributed by atoms with Crippen LogP contribution in [0.3, 0.4) is 0 Å². The zero-order valence-corrected chi connectivity index (χ0v) is 10.0. The van der Waals surface area contributed by atoms with Crippen molar-refractivity contribution >= 4 is 16.9 Å². The number of anilines is 1. The summed E-state index contributed by atoms with van der Waals surface area (Å²) in [6.07, 6.45) is 2.95. The summed E-state index contributed by atoms with van der Waals surface area (Å²) in [6.45, 7) is 3.34. The van der Waals surface area contributed by atoms with Gasteiger partial charge in [0.05, 0.1) is 17.5 Å². The fourth-order valence-electron chi connectivity index (χ4n) is 2.25. The number of H-pyrrole nitrogens is 1. The van der Waals surface area contributed by atoms with E-state index in [4.69, 9.17) is 0 Å². The molecule has 1 atom stereocenters. The Morgan fingerprint density at radius 1 is 1.39 bits per heavy atom. The molecule has 96 valence electrons. The van der Waals surface area contributed by atoms with Crippen LogP contribution in [0.4, 0.5) is 14.6 Å². The topological polar surface area (TPSA) is 66.5 Å². The lowest BCUT2D eigenvalue weighted by atomic mass is 10.1. The highest BCUT2D eigenvalue weighted by Gasteiger charge is 2.74. The van der Waals surface area contributed by atoms with Gasteiger partial charge in [-0.1, -0.05) is 13.8 Å². The Labute approximate surface area is 102 Å². The first kappa shape index (κ1) is 11.3. The van der Waals surface area contributed by atoms with Crippen LogP contribution in [0.15, 0.2) is 12.5 Å². The molecule has 0 unspecified atom stereocenters. The molecule has 0 spiro atoms. The Morgan fingerprint density at radius 3 is 2.78 bits per heavy atom. The fourth-order valence-corrected chi connectivity index (χ4v) is 2.25. The van der Waals surface area contributed by atoms with E-state index in [2.05, 4.69) is 25.5 Å². The number of aromatic nitrogens is 4. The lowest BCUT2D eigenvalue weighted by Crippen LogP contribution is -2.10. The van der Waals surface area contributed by atoms with Gasteiger partial charge in [-0.05, 0) is 0 Å². The summed E-state index contributed by atoms with van der Waals surface area (Å²) in [6, 6.07) is 0. The zero-order chi connectivity index (χ0) is 13.0. The largest absolute Gasteiger partial charge is 0.369 e. The molecule has 2 aromatic heterocycles. The number of hydrogen-bond donors (Lipinski definition) is 2. The van der Waals surface area contributed by atoms with E-state index in [0.29, 0.717) is 16.9 Å². The van der Waals surface area contributed by atoms with Crippen molar-refractivity contribution < 1.29 is 8.78 Å². The van der Waals surface area contributed by atoms with Gasteiger partial charge in [-0.25, -0.2) is 18.7 Å². The molecular formula is C11H13F2N5. The summed E-state index contributed by atoms with van der Waals surface area (Å²) in [4.78, 5) is 8.03.